The SMILES string of the molecule is Cc1csc(=O)n1CCCC(=O)NC1CCSc2ccccc21. The summed E-state index contributed by atoms with van der Waals surface area (Å²) in [4.78, 5) is 25.2. The topological polar surface area (TPSA) is 51.1 Å². The van der Waals surface area contributed by atoms with E-state index < -0.39 is 0 Å². The van der Waals surface area contributed by atoms with Gasteiger partial charge in [0.15, 0.2) is 0 Å². The Labute approximate surface area is 143 Å². The third-order valence-corrected chi connectivity index (χ3v) is 6.06. The largest absolute Gasteiger partial charge is 0.349 e. The molecular weight excluding hydrogens is 328 g/mol. The molecule has 1 aromatic heterocycles. The first kappa shape index (κ1) is 16.3. The highest BCUT2D eigenvalue weighted by Crippen LogP contribution is 2.35. The quantitative estimate of drug-likeness (QED) is 0.901. The van der Waals surface area contributed by atoms with Crippen LogP contribution in [-0.4, -0.2) is 16.2 Å². The molecule has 2 heterocycles. The van der Waals surface area contributed by atoms with Gasteiger partial charge in [-0.25, -0.2) is 0 Å². The van der Waals surface area contributed by atoms with Gasteiger partial charge in [-0.1, -0.05) is 29.5 Å². The Morgan fingerprint density at radius 3 is 3.00 bits per heavy atom. The molecule has 2 aromatic rings. The summed E-state index contributed by atoms with van der Waals surface area (Å²) in [6.07, 6.45) is 2.11. The van der Waals surface area contributed by atoms with Crippen LogP contribution in [0.3, 0.4) is 0 Å². The average molecular weight is 348 g/mol. The van der Waals surface area contributed by atoms with Gasteiger partial charge in [-0.2, -0.15) is 0 Å². The number of hydrogen-bond donors (Lipinski definition) is 1. The lowest BCUT2D eigenvalue weighted by atomic mass is 10.0. The average Bonchev–Trinajstić information content (AvgIpc) is 2.87. The van der Waals surface area contributed by atoms with Crippen molar-refractivity contribution >= 4 is 29.0 Å². The Balaban J connectivity index is 1.53. The summed E-state index contributed by atoms with van der Waals surface area (Å²) >= 11 is 3.07. The van der Waals surface area contributed by atoms with Crippen LogP contribution in [-0.2, 0) is 11.3 Å². The summed E-state index contributed by atoms with van der Waals surface area (Å²) < 4.78 is 1.74. The molecule has 1 amide bonds. The molecule has 0 saturated carbocycles. The van der Waals surface area contributed by atoms with E-state index in [1.165, 1.54) is 21.8 Å². The number of thioether (sulfide) groups is 1. The van der Waals surface area contributed by atoms with Gasteiger partial charge in [0.2, 0.25) is 5.91 Å². The highest BCUT2D eigenvalue weighted by molar-refractivity contribution is 7.99. The smallest absolute Gasteiger partial charge is 0.307 e. The highest BCUT2D eigenvalue weighted by Gasteiger charge is 2.21. The maximum Gasteiger partial charge on any atom is 0.307 e. The van der Waals surface area contributed by atoms with Crippen molar-refractivity contribution < 1.29 is 4.79 Å². The number of aromatic nitrogens is 1. The molecule has 122 valence electrons. The maximum absolute atomic E-state index is 12.2. The lowest BCUT2D eigenvalue weighted by Gasteiger charge is -2.25. The predicted molar refractivity (Wildman–Crippen MR) is 95.2 cm³/mol. The highest BCUT2D eigenvalue weighted by atomic mass is 32.2. The van der Waals surface area contributed by atoms with Gasteiger partial charge < -0.3 is 9.88 Å². The van der Waals surface area contributed by atoms with E-state index in [9.17, 15) is 9.59 Å². The zero-order valence-corrected chi connectivity index (χ0v) is 14.7. The van der Waals surface area contributed by atoms with Gasteiger partial charge in [-0.3, -0.25) is 9.59 Å². The molecule has 1 aliphatic rings. The van der Waals surface area contributed by atoms with Crippen LogP contribution in [0.1, 0.15) is 36.6 Å². The van der Waals surface area contributed by atoms with Crippen molar-refractivity contribution in [3.8, 4) is 0 Å². The fourth-order valence-electron chi connectivity index (χ4n) is 2.83. The third-order valence-electron chi connectivity index (χ3n) is 4.06. The van der Waals surface area contributed by atoms with Gasteiger partial charge in [-0.05, 0) is 31.4 Å². The molecule has 0 aliphatic carbocycles. The predicted octanol–water partition coefficient (Wildman–Crippen LogP) is 3.35. The summed E-state index contributed by atoms with van der Waals surface area (Å²) in [5.41, 5.74) is 2.20. The van der Waals surface area contributed by atoms with Crippen LogP contribution in [0.4, 0.5) is 0 Å². The molecule has 3 rings (SSSR count). The summed E-state index contributed by atoms with van der Waals surface area (Å²) in [6.45, 7) is 2.54. The van der Waals surface area contributed by atoms with Crippen LogP contribution in [0.25, 0.3) is 0 Å². The first-order chi connectivity index (χ1) is 11.1. The minimum atomic E-state index is 0.0566. The van der Waals surface area contributed by atoms with Gasteiger partial charge in [0.05, 0.1) is 6.04 Å². The molecule has 4 nitrogen and oxygen atoms in total. The van der Waals surface area contributed by atoms with Crippen LogP contribution in [0.2, 0.25) is 0 Å². The molecule has 0 saturated heterocycles. The van der Waals surface area contributed by atoms with Gasteiger partial charge in [0.25, 0.3) is 0 Å². The number of carbonyl (C=O) groups is 1. The van der Waals surface area contributed by atoms with Crippen LogP contribution in [0.5, 0.6) is 0 Å². The number of fused-ring (bicyclic) bond motifs is 1. The summed E-state index contributed by atoms with van der Waals surface area (Å²) in [5, 5.41) is 5.01. The van der Waals surface area contributed by atoms with Crippen LogP contribution in [0, 0.1) is 6.92 Å². The molecule has 0 fully saturated rings. The van der Waals surface area contributed by atoms with Crippen LogP contribution >= 0.6 is 23.1 Å². The Kier molecular flexibility index (Phi) is 5.23. The minimum Gasteiger partial charge on any atom is -0.349 e. The van der Waals surface area contributed by atoms with Crippen molar-refractivity contribution in [3.63, 3.8) is 0 Å². The maximum atomic E-state index is 12.2. The van der Waals surface area contributed by atoms with Crippen molar-refractivity contribution in [2.24, 2.45) is 0 Å². The molecule has 0 spiro atoms. The Morgan fingerprint density at radius 2 is 2.22 bits per heavy atom. The first-order valence-electron chi connectivity index (χ1n) is 7.81. The number of rotatable bonds is 5. The number of benzene rings is 1. The number of hydrogen-bond acceptors (Lipinski definition) is 4. The second-order valence-electron chi connectivity index (χ2n) is 5.69. The van der Waals surface area contributed by atoms with Gasteiger partial charge in [0, 0.05) is 34.7 Å². The standard InChI is InChI=1S/C17H20N2O2S2/c1-12-11-23-17(21)19(12)9-4-7-16(20)18-14-8-10-22-15-6-3-2-5-13(14)15/h2-3,5-6,11,14H,4,7-10H2,1H3,(H,18,20). The van der Waals surface area contributed by atoms with Gasteiger partial charge in [-0.15, -0.1) is 11.8 Å². The van der Waals surface area contributed by atoms with E-state index in [1.54, 1.807) is 4.57 Å². The van der Waals surface area contributed by atoms with Crippen molar-refractivity contribution in [2.45, 2.75) is 43.7 Å². The normalized spacial score (nSPS) is 16.8. The number of thiazole rings is 1. The van der Waals surface area contributed by atoms with E-state index in [1.807, 2.05) is 36.2 Å². The molecule has 1 aromatic carbocycles. The number of aryl methyl sites for hydroxylation is 1. The molecule has 0 bridgehead atoms. The van der Waals surface area contributed by atoms with E-state index in [2.05, 4.69) is 17.4 Å². The van der Waals surface area contributed by atoms with E-state index in [0.717, 1.165) is 17.9 Å². The first-order valence-corrected chi connectivity index (χ1v) is 9.67. The van der Waals surface area contributed by atoms with Crippen molar-refractivity contribution in [2.75, 3.05) is 5.75 Å². The number of carbonyl (C=O) groups excluding carboxylic acids is 1. The summed E-state index contributed by atoms with van der Waals surface area (Å²) in [6, 6.07) is 8.39. The fourth-order valence-corrected chi connectivity index (χ4v) is 4.72. The monoisotopic (exact) mass is 348 g/mol. The molecule has 6 heteroatoms. The Morgan fingerprint density at radius 1 is 1.39 bits per heavy atom. The molecule has 0 radical (unpaired) electrons. The number of nitrogens with zero attached hydrogens (tertiary/aromatic N) is 1. The van der Waals surface area contributed by atoms with Crippen LogP contribution in [0.15, 0.2) is 39.3 Å². The van der Waals surface area contributed by atoms with E-state index in [4.69, 9.17) is 0 Å². The van der Waals surface area contributed by atoms with Crippen molar-refractivity contribution in [3.05, 3.63) is 50.6 Å². The van der Waals surface area contributed by atoms with Gasteiger partial charge >= 0.3 is 4.87 Å². The zero-order valence-electron chi connectivity index (χ0n) is 13.1. The number of nitrogens with one attached hydrogen (secondary N) is 1. The molecule has 1 aliphatic heterocycles. The second-order valence-corrected chi connectivity index (χ2v) is 7.65. The molecule has 1 atom stereocenters. The van der Waals surface area contributed by atoms with Crippen molar-refractivity contribution in [1.82, 2.24) is 9.88 Å². The van der Waals surface area contributed by atoms with E-state index in [0.29, 0.717) is 19.4 Å². The van der Waals surface area contributed by atoms with Gasteiger partial charge in [0.1, 0.15) is 0 Å². The van der Waals surface area contributed by atoms with E-state index >= 15 is 0 Å². The Hall–Kier alpha value is -1.53. The fraction of sp³-hybridized carbons (Fsp3) is 0.412. The molecule has 1 unspecified atom stereocenters. The molecule has 1 N–H and O–H groups in total. The third kappa shape index (κ3) is 3.87. The molecular formula is C17H20N2O2S2. The minimum absolute atomic E-state index is 0.0566. The lowest BCUT2D eigenvalue weighted by Crippen LogP contribution is -2.30. The summed E-state index contributed by atoms with van der Waals surface area (Å²) in [5.74, 6) is 1.10. The van der Waals surface area contributed by atoms with Crippen LogP contribution < -0.4 is 10.2 Å². The lowest BCUT2D eigenvalue weighted by molar-refractivity contribution is -0.122. The summed E-state index contributed by atoms with van der Waals surface area (Å²) in [7, 11) is 0. The number of amides is 1. The second kappa shape index (κ2) is 7.36. The van der Waals surface area contributed by atoms with E-state index in [-0.39, 0.29) is 16.8 Å². The zero-order chi connectivity index (χ0) is 16.2. The molecule has 23 heavy (non-hydrogen) atoms. The Bertz CT molecular complexity index is 751. The van der Waals surface area contributed by atoms with Crippen molar-refractivity contribution in [1.29, 1.82) is 0 Å².